The van der Waals surface area contributed by atoms with Crippen molar-refractivity contribution >= 4 is 21.2 Å². The van der Waals surface area contributed by atoms with Crippen LogP contribution in [0.2, 0.25) is 0 Å². The van der Waals surface area contributed by atoms with Gasteiger partial charge in [-0.2, -0.15) is 0 Å². The first-order valence-corrected chi connectivity index (χ1v) is 11.4. The Bertz CT molecular complexity index is 983. The zero-order valence-electron chi connectivity index (χ0n) is 16.3. The van der Waals surface area contributed by atoms with E-state index in [4.69, 9.17) is 9.88 Å². The molecule has 0 heterocycles. The van der Waals surface area contributed by atoms with Crippen LogP contribution in [0, 0.1) is 5.41 Å². The first-order chi connectivity index (χ1) is 13.4. The number of nitrogens with two attached hydrogens (primary N) is 1. The van der Waals surface area contributed by atoms with Gasteiger partial charge in [-0.15, -0.1) is 0 Å². The Morgan fingerprint density at radius 3 is 1.86 bits per heavy atom. The molecular formula is C23H27NO3S. The summed E-state index contributed by atoms with van der Waals surface area (Å²) in [5.41, 5.74) is 6.64. The van der Waals surface area contributed by atoms with Gasteiger partial charge in [-0.05, 0) is 71.1 Å². The van der Waals surface area contributed by atoms with Crippen LogP contribution in [-0.2, 0) is 21.4 Å². The van der Waals surface area contributed by atoms with Gasteiger partial charge in [0, 0.05) is 7.11 Å². The average molecular weight is 398 g/mol. The molecule has 4 rings (SSSR count). The maximum Gasteiger partial charge on any atom is 0.238 e. The van der Waals surface area contributed by atoms with Crippen molar-refractivity contribution in [3.05, 3.63) is 65.2 Å². The van der Waals surface area contributed by atoms with Gasteiger partial charge in [0.05, 0.1) is 11.5 Å². The fourth-order valence-corrected chi connectivity index (χ4v) is 5.39. The zero-order valence-corrected chi connectivity index (χ0v) is 17.1. The molecule has 5 heteroatoms. The minimum Gasteiger partial charge on any atom is -0.380 e. The van der Waals surface area contributed by atoms with Gasteiger partial charge in [-0.1, -0.05) is 49.2 Å². The van der Waals surface area contributed by atoms with E-state index in [1.54, 1.807) is 19.2 Å². The highest BCUT2D eigenvalue weighted by Gasteiger charge is 2.41. The fraction of sp³-hybridized carbons (Fsp3) is 0.391. The van der Waals surface area contributed by atoms with E-state index in [0.29, 0.717) is 12.0 Å². The van der Waals surface area contributed by atoms with Crippen molar-refractivity contribution in [1.29, 1.82) is 0 Å². The number of rotatable bonds is 5. The maximum atomic E-state index is 11.6. The first-order valence-electron chi connectivity index (χ1n) is 9.84. The second kappa shape index (κ2) is 7.47. The van der Waals surface area contributed by atoms with Crippen LogP contribution < -0.4 is 5.14 Å². The van der Waals surface area contributed by atoms with Crippen LogP contribution >= 0.6 is 0 Å². The molecule has 28 heavy (non-hydrogen) atoms. The highest BCUT2D eigenvalue weighted by atomic mass is 32.2. The van der Waals surface area contributed by atoms with Crippen molar-refractivity contribution in [1.82, 2.24) is 0 Å². The molecule has 148 valence electrons. The number of allylic oxidation sites excluding steroid dienone is 2. The molecule has 0 aliphatic heterocycles. The van der Waals surface area contributed by atoms with Crippen molar-refractivity contribution < 1.29 is 13.2 Å². The van der Waals surface area contributed by atoms with Crippen molar-refractivity contribution in [2.24, 2.45) is 10.6 Å². The summed E-state index contributed by atoms with van der Waals surface area (Å²) in [7, 11) is -1.96. The standard InChI is InChI=1S/C23H27NO3S/c1-27-16-17-4-6-18(7-5-17)21-14-23(12-2-3-13-23)15-22(21)19-8-10-20(11-9-19)28(24,25)26/h4-11H,2-3,12-16H2,1H3,(H2,24,25,26). The van der Waals surface area contributed by atoms with Crippen LogP contribution in [0.25, 0.3) is 11.1 Å². The Kier molecular flexibility index (Phi) is 5.17. The maximum absolute atomic E-state index is 11.6. The highest BCUT2D eigenvalue weighted by Crippen LogP contribution is 2.57. The molecule has 0 amide bonds. The topological polar surface area (TPSA) is 69.4 Å². The molecule has 0 unspecified atom stereocenters. The van der Waals surface area contributed by atoms with Crippen LogP contribution in [0.15, 0.2) is 53.4 Å². The Labute approximate surface area is 167 Å². The van der Waals surface area contributed by atoms with E-state index in [1.807, 2.05) is 12.1 Å². The zero-order chi connectivity index (χ0) is 19.8. The number of benzene rings is 2. The van der Waals surface area contributed by atoms with Gasteiger partial charge in [0.15, 0.2) is 0 Å². The summed E-state index contributed by atoms with van der Waals surface area (Å²) in [6.45, 7) is 0.616. The summed E-state index contributed by atoms with van der Waals surface area (Å²) in [6, 6.07) is 15.7. The number of sulfonamides is 1. The smallest absolute Gasteiger partial charge is 0.238 e. The summed E-state index contributed by atoms with van der Waals surface area (Å²) in [5, 5.41) is 5.26. The average Bonchev–Trinajstić information content (AvgIpc) is 3.29. The summed E-state index contributed by atoms with van der Waals surface area (Å²) < 4.78 is 28.4. The van der Waals surface area contributed by atoms with E-state index in [9.17, 15) is 8.42 Å². The van der Waals surface area contributed by atoms with E-state index >= 15 is 0 Å². The lowest BCUT2D eigenvalue weighted by molar-refractivity contribution is 0.185. The molecule has 2 aliphatic rings. The summed E-state index contributed by atoms with van der Waals surface area (Å²) in [6.07, 6.45) is 7.32. The molecule has 0 atom stereocenters. The molecule has 2 aromatic rings. The summed E-state index contributed by atoms with van der Waals surface area (Å²) in [5.74, 6) is 0. The molecular weight excluding hydrogens is 370 g/mol. The molecule has 4 nitrogen and oxygen atoms in total. The second-order valence-electron chi connectivity index (χ2n) is 8.22. The number of primary sulfonamides is 1. The van der Waals surface area contributed by atoms with Crippen LogP contribution in [-0.4, -0.2) is 15.5 Å². The number of methoxy groups -OCH3 is 1. The van der Waals surface area contributed by atoms with Crippen molar-refractivity contribution in [2.75, 3.05) is 7.11 Å². The number of hydrogen-bond donors (Lipinski definition) is 1. The molecule has 2 aromatic carbocycles. The first kappa shape index (κ1) is 19.4. The Morgan fingerprint density at radius 2 is 1.39 bits per heavy atom. The van der Waals surface area contributed by atoms with Crippen molar-refractivity contribution in [3.63, 3.8) is 0 Å². The van der Waals surface area contributed by atoms with Crippen LogP contribution in [0.5, 0.6) is 0 Å². The van der Waals surface area contributed by atoms with Crippen molar-refractivity contribution in [3.8, 4) is 0 Å². The SMILES string of the molecule is COCc1ccc(C2=C(c3ccc(S(N)(=O)=O)cc3)CC3(CCCC3)C2)cc1. The van der Waals surface area contributed by atoms with Crippen LogP contribution in [0.1, 0.15) is 55.2 Å². The molecule has 0 aromatic heterocycles. The van der Waals surface area contributed by atoms with Crippen LogP contribution in [0.4, 0.5) is 0 Å². The van der Waals surface area contributed by atoms with Gasteiger partial charge in [-0.3, -0.25) is 0 Å². The van der Waals surface area contributed by atoms with E-state index in [0.717, 1.165) is 18.4 Å². The van der Waals surface area contributed by atoms with Gasteiger partial charge in [0.25, 0.3) is 0 Å². The predicted molar refractivity (Wildman–Crippen MR) is 112 cm³/mol. The third kappa shape index (κ3) is 3.79. The minimum atomic E-state index is -3.67. The predicted octanol–water partition coefficient (Wildman–Crippen LogP) is 4.75. The van der Waals surface area contributed by atoms with Crippen LogP contribution in [0.3, 0.4) is 0 Å². The Balaban J connectivity index is 1.73. The van der Waals surface area contributed by atoms with E-state index in [2.05, 4.69) is 24.3 Å². The largest absolute Gasteiger partial charge is 0.380 e. The minimum absolute atomic E-state index is 0.163. The number of ether oxygens (including phenoxy) is 1. The van der Waals surface area contributed by atoms with Gasteiger partial charge in [0.1, 0.15) is 0 Å². The number of hydrogen-bond acceptors (Lipinski definition) is 3. The lowest BCUT2D eigenvalue weighted by atomic mass is 9.81. The van der Waals surface area contributed by atoms with E-state index in [-0.39, 0.29) is 4.90 Å². The van der Waals surface area contributed by atoms with E-state index < -0.39 is 10.0 Å². The molecule has 1 fully saturated rings. The lowest BCUT2D eigenvalue weighted by Gasteiger charge is -2.23. The summed E-state index contributed by atoms with van der Waals surface area (Å²) >= 11 is 0. The Morgan fingerprint density at radius 1 is 0.893 bits per heavy atom. The fourth-order valence-electron chi connectivity index (χ4n) is 4.87. The Hall–Kier alpha value is -1.95. The van der Waals surface area contributed by atoms with E-state index in [1.165, 1.54) is 48.0 Å². The van der Waals surface area contributed by atoms with Crippen molar-refractivity contribution in [2.45, 2.75) is 50.0 Å². The van der Waals surface area contributed by atoms with Gasteiger partial charge in [0.2, 0.25) is 10.0 Å². The normalized spacial score (nSPS) is 18.9. The molecule has 0 saturated heterocycles. The van der Waals surface area contributed by atoms with Gasteiger partial charge in [-0.25, -0.2) is 13.6 Å². The van der Waals surface area contributed by atoms with Gasteiger partial charge >= 0.3 is 0 Å². The molecule has 1 saturated carbocycles. The van der Waals surface area contributed by atoms with Gasteiger partial charge < -0.3 is 4.74 Å². The molecule has 0 radical (unpaired) electrons. The lowest BCUT2D eigenvalue weighted by Crippen LogP contribution is -2.12. The molecule has 2 aliphatic carbocycles. The third-order valence-corrected chi connectivity index (χ3v) is 7.21. The monoisotopic (exact) mass is 397 g/mol. The summed E-state index contributed by atoms with van der Waals surface area (Å²) in [4.78, 5) is 0.163. The molecule has 0 bridgehead atoms. The quantitative estimate of drug-likeness (QED) is 0.792. The highest BCUT2D eigenvalue weighted by molar-refractivity contribution is 7.89. The molecule has 2 N–H and O–H groups in total. The third-order valence-electron chi connectivity index (χ3n) is 6.28. The second-order valence-corrected chi connectivity index (χ2v) is 9.78. The molecule has 1 spiro atoms.